The Morgan fingerprint density at radius 3 is 2.38 bits per heavy atom. The van der Waals surface area contributed by atoms with Gasteiger partial charge in [0, 0.05) is 29.6 Å². The second-order valence-corrected chi connectivity index (χ2v) is 8.55. The van der Waals surface area contributed by atoms with Crippen LogP contribution in [0.2, 0.25) is 5.02 Å². The lowest BCUT2D eigenvalue weighted by Crippen LogP contribution is -2.40. The number of piperidine rings is 1. The molecule has 138 valence electrons. The van der Waals surface area contributed by atoms with Crippen molar-refractivity contribution in [2.45, 2.75) is 17.7 Å². The first-order valence-electron chi connectivity index (χ1n) is 8.36. The third-order valence-electron chi connectivity index (χ3n) is 4.63. The van der Waals surface area contributed by atoms with E-state index in [0.717, 1.165) is 0 Å². The van der Waals surface area contributed by atoms with Crippen LogP contribution in [0.4, 0.5) is 0 Å². The maximum atomic E-state index is 13.0. The Morgan fingerprint density at radius 1 is 1.12 bits per heavy atom. The van der Waals surface area contributed by atoms with Crippen molar-refractivity contribution in [1.82, 2.24) is 4.31 Å². The number of benzene rings is 2. The monoisotopic (exact) mass is 393 g/mol. The number of carbonyl (C=O) groups excluding carboxylic acids is 1. The summed E-state index contributed by atoms with van der Waals surface area (Å²) >= 11 is 5.97. The predicted molar refractivity (Wildman–Crippen MR) is 100 cm³/mol. The summed E-state index contributed by atoms with van der Waals surface area (Å²) in [5.74, 6) is 0.171. The molecule has 7 heteroatoms. The van der Waals surface area contributed by atoms with E-state index < -0.39 is 10.0 Å². The SMILES string of the molecule is COc1ccc(Cl)cc1S(=O)(=O)N1CCC(C(=O)c2ccccc2)CC1. The van der Waals surface area contributed by atoms with Crippen molar-refractivity contribution in [3.63, 3.8) is 0 Å². The Bertz CT molecular complexity index is 891. The molecule has 5 nitrogen and oxygen atoms in total. The van der Waals surface area contributed by atoms with Gasteiger partial charge in [0.15, 0.2) is 5.78 Å². The average molecular weight is 394 g/mol. The number of methoxy groups -OCH3 is 1. The van der Waals surface area contributed by atoms with Gasteiger partial charge in [0.05, 0.1) is 7.11 Å². The van der Waals surface area contributed by atoms with Crippen LogP contribution < -0.4 is 4.74 Å². The van der Waals surface area contributed by atoms with E-state index in [1.165, 1.54) is 17.5 Å². The summed E-state index contributed by atoms with van der Waals surface area (Å²) < 4.78 is 32.5. The van der Waals surface area contributed by atoms with E-state index in [0.29, 0.717) is 36.5 Å². The Hall–Kier alpha value is -1.89. The molecule has 1 saturated heterocycles. The molecule has 0 aromatic heterocycles. The molecule has 1 aliphatic rings. The number of rotatable bonds is 5. The molecule has 0 bridgehead atoms. The van der Waals surface area contributed by atoms with Crippen molar-refractivity contribution in [1.29, 1.82) is 0 Å². The van der Waals surface area contributed by atoms with Gasteiger partial charge in [-0.3, -0.25) is 4.79 Å². The second-order valence-electron chi connectivity index (χ2n) is 6.20. The molecular weight excluding hydrogens is 374 g/mol. The molecule has 1 fully saturated rings. The number of ether oxygens (including phenoxy) is 1. The van der Waals surface area contributed by atoms with E-state index in [2.05, 4.69) is 0 Å². The van der Waals surface area contributed by atoms with Crippen LogP contribution in [0.1, 0.15) is 23.2 Å². The summed E-state index contributed by atoms with van der Waals surface area (Å²) in [5.41, 5.74) is 0.672. The van der Waals surface area contributed by atoms with E-state index in [1.807, 2.05) is 18.2 Å². The molecule has 1 aliphatic heterocycles. The number of halogens is 1. The number of ketones is 1. The summed E-state index contributed by atoms with van der Waals surface area (Å²) in [6, 6.07) is 13.6. The average Bonchev–Trinajstić information content (AvgIpc) is 2.68. The number of nitrogens with zero attached hydrogens (tertiary/aromatic N) is 1. The maximum absolute atomic E-state index is 13.0. The third-order valence-corrected chi connectivity index (χ3v) is 6.78. The van der Waals surface area contributed by atoms with Gasteiger partial charge >= 0.3 is 0 Å². The topological polar surface area (TPSA) is 63.7 Å². The summed E-state index contributed by atoms with van der Waals surface area (Å²) in [5, 5.41) is 0.332. The van der Waals surface area contributed by atoms with Gasteiger partial charge in [0.2, 0.25) is 10.0 Å². The largest absolute Gasteiger partial charge is 0.495 e. The zero-order valence-corrected chi connectivity index (χ0v) is 16.0. The number of sulfonamides is 1. The number of hydrogen-bond donors (Lipinski definition) is 0. The lowest BCUT2D eigenvalue weighted by atomic mass is 9.90. The van der Waals surface area contributed by atoms with Crippen molar-refractivity contribution < 1.29 is 17.9 Å². The molecule has 0 radical (unpaired) electrons. The highest BCUT2D eigenvalue weighted by Crippen LogP contribution is 2.32. The van der Waals surface area contributed by atoms with Crippen LogP contribution in [0.5, 0.6) is 5.75 Å². The van der Waals surface area contributed by atoms with Crippen LogP contribution >= 0.6 is 11.6 Å². The zero-order valence-electron chi connectivity index (χ0n) is 14.4. The highest BCUT2D eigenvalue weighted by molar-refractivity contribution is 7.89. The van der Waals surface area contributed by atoms with Gasteiger partial charge in [0.25, 0.3) is 0 Å². The van der Waals surface area contributed by atoms with Gasteiger partial charge in [-0.1, -0.05) is 41.9 Å². The van der Waals surface area contributed by atoms with Crippen molar-refractivity contribution >= 4 is 27.4 Å². The number of carbonyl (C=O) groups is 1. The molecular formula is C19H20ClNO4S. The summed E-state index contributed by atoms with van der Waals surface area (Å²) in [4.78, 5) is 12.6. The lowest BCUT2D eigenvalue weighted by molar-refractivity contribution is 0.0875. The van der Waals surface area contributed by atoms with E-state index in [-0.39, 0.29) is 22.3 Å². The molecule has 26 heavy (non-hydrogen) atoms. The first kappa shape index (κ1) is 18.9. The van der Waals surface area contributed by atoms with Crippen LogP contribution in [-0.2, 0) is 10.0 Å². The highest BCUT2D eigenvalue weighted by atomic mass is 35.5. The summed E-state index contributed by atoms with van der Waals surface area (Å²) in [7, 11) is -2.30. The molecule has 0 spiro atoms. The quantitative estimate of drug-likeness (QED) is 0.727. The standard InChI is InChI=1S/C19H20ClNO4S/c1-25-17-8-7-16(20)13-18(17)26(23,24)21-11-9-15(10-12-21)19(22)14-5-3-2-4-6-14/h2-8,13,15H,9-12H2,1H3. The molecule has 3 rings (SSSR count). The van der Waals surface area contributed by atoms with E-state index in [4.69, 9.17) is 16.3 Å². The Kier molecular flexibility index (Phi) is 5.65. The molecule has 0 aliphatic carbocycles. The van der Waals surface area contributed by atoms with Crippen molar-refractivity contribution in [2.24, 2.45) is 5.92 Å². The normalized spacial score (nSPS) is 16.4. The minimum Gasteiger partial charge on any atom is -0.495 e. The smallest absolute Gasteiger partial charge is 0.246 e. The molecule has 2 aromatic rings. The minimum absolute atomic E-state index is 0.0559. The van der Waals surface area contributed by atoms with E-state index in [9.17, 15) is 13.2 Å². The zero-order chi connectivity index (χ0) is 18.7. The first-order chi connectivity index (χ1) is 12.4. The second kappa shape index (κ2) is 7.78. The first-order valence-corrected chi connectivity index (χ1v) is 10.2. The fourth-order valence-corrected chi connectivity index (χ4v) is 5.08. The van der Waals surface area contributed by atoms with Gasteiger partial charge in [0.1, 0.15) is 10.6 Å². The van der Waals surface area contributed by atoms with Crippen LogP contribution in [0.3, 0.4) is 0 Å². The van der Waals surface area contributed by atoms with Crippen molar-refractivity contribution in [3.05, 3.63) is 59.1 Å². The molecule has 2 aromatic carbocycles. The van der Waals surface area contributed by atoms with Gasteiger partial charge in [-0.25, -0.2) is 8.42 Å². The van der Waals surface area contributed by atoms with Crippen molar-refractivity contribution in [3.8, 4) is 5.75 Å². The summed E-state index contributed by atoms with van der Waals surface area (Å²) in [6.45, 7) is 0.586. The molecule has 0 amide bonds. The minimum atomic E-state index is -3.73. The molecule has 0 atom stereocenters. The van der Waals surface area contributed by atoms with Gasteiger partial charge < -0.3 is 4.74 Å². The maximum Gasteiger partial charge on any atom is 0.246 e. The Labute approximate surface area is 158 Å². The predicted octanol–water partition coefficient (Wildman–Crippen LogP) is 3.63. The van der Waals surface area contributed by atoms with Gasteiger partial charge in [-0.05, 0) is 31.0 Å². The molecule has 0 N–H and O–H groups in total. The Morgan fingerprint density at radius 2 is 1.77 bits per heavy atom. The van der Waals surface area contributed by atoms with Crippen LogP contribution in [0.15, 0.2) is 53.4 Å². The lowest BCUT2D eigenvalue weighted by Gasteiger charge is -2.31. The highest BCUT2D eigenvalue weighted by Gasteiger charge is 2.34. The van der Waals surface area contributed by atoms with Gasteiger partial charge in [-0.2, -0.15) is 4.31 Å². The van der Waals surface area contributed by atoms with Crippen LogP contribution in [0.25, 0.3) is 0 Å². The van der Waals surface area contributed by atoms with Crippen molar-refractivity contribution in [2.75, 3.05) is 20.2 Å². The molecule has 0 unspecified atom stereocenters. The van der Waals surface area contributed by atoms with Crippen LogP contribution in [-0.4, -0.2) is 38.7 Å². The molecule has 0 saturated carbocycles. The number of Topliss-reactive ketones (excluding diaryl/α,β-unsaturated/α-hetero) is 1. The fourth-order valence-electron chi connectivity index (χ4n) is 3.19. The van der Waals surface area contributed by atoms with Gasteiger partial charge in [-0.15, -0.1) is 0 Å². The number of hydrogen-bond acceptors (Lipinski definition) is 4. The Balaban J connectivity index is 1.75. The van der Waals surface area contributed by atoms with E-state index >= 15 is 0 Å². The fraction of sp³-hybridized carbons (Fsp3) is 0.316. The summed E-state index contributed by atoms with van der Waals surface area (Å²) in [6.07, 6.45) is 0.992. The molecule has 1 heterocycles. The third kappa shape index (κ3) is 3.77. The van der Waals surface area contributed by atoms with E-state index in [1.54, 1.807) is 24.3 Å². The van der Waals surface area contributed by atoms with Crippen LogP contribution in [0, 0.1) is 5.92 Å².